The molecule has 0 spiro atoms. The van der Waals surface area contributed by atoms with Crippen molar-refractivity contribution in [3.8, 4) is 11.5 Å². The molecule has 9 heteroatoms. The summed E-state index contributed by atoms with van der Waals surface area (Å²) in [5, 5.41) is 8.85. The maximum atomic E-state index is 12.8. The number of likely N-dealkylation sites (N-methyl/N-ethyl adjacent to an activating group) is 1. The molecule has 7 nitrogen and oxygen atoms in total. The Morgan fingerprint density at radius 2 is 2.26 bits per heavy atom. The number of halogens is 2. The van der Waals surface area contributed by atoms with Gasteiger partial charge in [0.25, 0.3) is 0 Å². The lowest BCUT2D eigenvalue weighted by molar-refractivity contribution is -0.138. The SMILES string of the molecule is CCOc1cccc(CN2CCOC(CN(C)CC(=O)O)C2)c1OC(F)F. The van der Waals surface area contributed by atoms with E-state index in [9.17, 15) is 13.6 Å². The molecule has 1 aliphatic rings. The lowest BCUT2D eigenvalue weighted by atomic mass is 10.1. The van der Waals surface area contributed by atoms with Crippen LogP contribution in [0, 0.1) is 0 Å². The van der Waals surface area contributed by atoms with Crippen LogP contribution in [-0.4, -0.2) is 80.0 Å². The van der Waals surface area contributed by atoms with Crippen molar-refractivity contribution in [3.05, 3.63) is 23.8 Å². The van der Waals surface area contributed by atoms with Gasteiger partial charge in [-0.15, -0.1) is 0 Å². The second kappa shape index (κ2) is 10.4. The number of carboxylic acids is 1. The van der Waals surface area contributed by atoms with Gasteiger partial charge in [0.15, 0.2) is 11.5 Å². The largest absolute Gasteiger partial charge is 0.490 e. The van der Waals surface area contributed by atoms with Gasteiger partial charge >= 0.3 is 12.6 Å². The highest BCUT2D eigenvalue weighted by atomic mass is 19.3. The molecule has 27 heavy (non-hydrogen) atoms. The van der Waals surface area contributed by atoms with Gasteiger partial charge in [-0.3, -0.25) is 14.6 Å². The monoisotopic (exact) mass is 388 g/mol. The van der Waals surface area contributed by atoms with E-state index in [1.165, 1.54) is 0 Å². The Bertz CT molecular complexity index is 617. The van der Waals surface area contributed by atoms with Crippen LogP contribution < -0.4 is 9.47 Å². The van der Waals surface area contributed by atoms with E-state index < -0.39 is 12.6 Å². The molecule has 1 fully saturated rings. The number of hydrogen-bond acceptors (Lipinski definition) is 6. The number of ether oxygens (including phenoxy) is 3. The highest BCUT2D eigenvalue weighted by molar-refractivity contribution is 5.69. The van der Waals surface area contributed by atoms with Crippen molar-refractivity contribution >= 4 is 5.97 Å². The predicted octanol–water partition coefficient (Wildman–Crippen LogP) is 1.90. The van der Waals surface area contributed by atoms with Gasteiger partial charge < -0.3 is 19.3 Å². The van der Waals surface area contributed by atoms with Gasteiger partial charge in [-0.05, 0) is 20.0 Å². The number of alkyl halides is 2. The average molecular weight is 388 g/mol. The number of hydrogen-bond donors (Lipinski definition) is 1. The van der Waals surface area contributed by atoms with Crippen LogP contribution in [0.25, 0.3) is 0 Å². The molecule has 0 aliphatic carbocycles. The molecule has 1 unspecified atom stereocenters. The molecule has 1 aromatic rings. The van der Waals surface area contributed by atoms with Crippen molar-refractivity contribution in [2.45, 2.75) is 26.2 Å². The van der Waals surface area contributed by atoms with Crippen molar-refractivity contribution in [1.29, 1.82) is 0 Å². The van der Waals surface area contributed by atoms with Crippen molar-refractivity contribution < 1.29 is 32.9 Å². The Morgan fingerprint density at radius 3 is 2.93 bits per heavy atom. The number of morpholine rings is 1. The summed E-state index contributed by atoms with van der Waals surface area (Å²) >= 11 is 0. The van der Waals surface area contributed by atoms with E-state index in [0.717, 1.165) is 0 Å². The third-order valence-corrected chi connectivity index (χ3v) is 4.10. The Kier molecular flexibility index (Phi) is 8.21. The van der Waals surface area contributed by atoms with Gasteiger partial charge in [-0.2, -0.15) is 8.78 Å². The fourth-order valence-corrected chi connectivity index (χ4v) is 3.10. The van der Waals surface area contributed by atoms with Crippen molar-refractivity contribution in [3.63, 3.8) is 0 Å². The molecule has 2 rings (SSSR count). The van der Waals surface area contributed by atoms with E-state index in [4.69, 9.17) is 19.3 Å². The number of carbonyl (C=O) groups is 1. The zero-order valence-corrected chi connectivity index (χ0v) is 15.6. The van der Waals surface area contributed by atoms with Crippen LogP contribution in [0.3, 0.4) is 0 Å². The third kappa shape index (κ3) is 6.93. The second-order valence-electron chi connectivity index (χ2n) is 6.37. The van der Waals surface area contributed by atoms with Crippen LogP contribution in [0.1, 0.15) is 12.5 Å². The number of para-hydroxylation sites is 1. The molecule has 1 aliphatic heterocycles. The molecule has 1 saturated heterocycles. The maximum Gasteiger partial charge on any atom is 0.387 e. The van der Waals surface area contributed by atoms with E-state index in [2.05, 4.69) is 4.90 Å². The van der Waals surface area contributed by atoms with Crippen molar-refractivity contribution in [2.24, 2.45) is 0 Å². The predicted molar refractivity (Wildman–Crippen MR) is 94.4 cm³/mol. The van der Waals surface area contributed by atoms with Gasteiger partial charge in [0, 0.05) is 31.7 Å². The van der Waals surface area contributed by atoms with Gasteiger partial charge in [0.2, 0.25) is 0 Å². The zero-order valence-electron chi connectivity index (χ0n) is 15.6. The molecular weight excluding hydrogens is 362 g/mol. The summed E-state index contributed by atoms with van der Waals surface area (Å²) in [6.45, 7) is 1.70. The molecule has 0 saturated carbocycles. The second-order valence-corrected chi connectivity index (χ2v) is 6.37. The van der Waals surface area contributed by atoms with Crippen LogP contribution >= 0.6 is 0 Å². The van der Waals surface area contributed by atoms with Gasteiger partial charge in [0.1, 0.15) is 0 Å². The number of benzene rings is 1. The van der Waals surface area contributed by atoms with E-state index in [-0.39, 0.29) is 18.4 Å². The zero-order chi connectivity index (χ0) is 19.8. The fourth-order valence-electron chi connectivity index (χ4n) is 3.10. The highest BCUT2D eigenvalue weighted by Crippen LogP contribution is 2.33. The minimum atomic E-state index is -2.94. The number of rotatable bonds is 10. The average Bonchev–Trinajstić information content (AvgIpc) is 2.57. The molecular formula is C18H26F2N2O5. The third-order valence-electron chi connectivity index (χ3n) is 4.10. The topological polar surface area (TPSA) is 71.5 Å². The van der Waals surface area contributed by atoms with E-state index >= 15 is 0 Å². The molecule has 0 bridgehead atoms. The molecule has 0 aromatic heterocycles. The Hall–Kier alpha value is -1.97. The lowest BCUT2D eigenvalue weighted by Gasteiger charge is -2.34. The van der Waals surface area contributed by atoms with E-state index in [0.29, 0.717) is 50.7 Å². The molecule has 0 amide bonds. The summed E-state index contributed by atoms with van der Waals surface area (Å²) in [6, 6.07) is 5.09. The fraction of sp³-hybridized carbons (Fsp3) is 0.611. The molecule has 1 aromatic carbocycles. The smallest absolute Gasteiger partial charge is 0.387 e. The van der Waals surface area contributed by atoms with Crippen LogP contribution in [0.5, 0.6) is 11.5 Å². The molecule has 1 atom stereocenters. The number of carboxylic acid groups (broad SMARTS) is 1. The standard InChI is InChI=1S/C18H26F2N2O5/c1-3-25-15-6-4-5-13(17(15)27-18(19)20)9-22-7-8-26-14(11-22)10-21(2)12-16(23)24/h4-6,14,18H,3,7-12H2,1-2H3,(H,23,24). The van der Waals surface area contributed by atoms with Gasteiger partial charge in [-0.1, -0.05) is 12.1 Å². The first kappa shape index (κ1) is 21.3. The Morgan fingerprint density at radius 1 is 1.48 bits per heavy atom. The van der Waals surface area contributed by atoms with E-state index in [1.54, 1.807) is 37.1 Å². The summed E-state index contributed by atoms with van der Waals surface area (Å²) < 4.78 is 41.5. The maximum absolute atomic E-state index is 12.8. The summed E-state index contributed by atoms with van der Waals surface area (Å²) in [6.07, 6.45) is -0.155. The normalized spacial score (nSPS) is 18.1. The first-order chi connectivity index (χ1) is 12.9. The quantitative estimate of drug-likeness (QED) is 0.656. The van der Waals surface area contributed by atoms with Crippen LogP contribution in [0.15, 0.2) is 18.2 Å². The van der Waals surface area contributed by atoms with Crippen molar-refractivity contribution in [1.82, 2.24) is 9.80 Å². The minimum absolute atomic E-state index is 0.0559. The van der Waals surface area contributed by atoms with Crippen LogP contribution in [-0.2, 0) is 16.1 Å². The highest BCUT2D eigenvalue weighted by Gasteiger charge is 2.24. The van der Waals surface area contributed by atoms with Gasteiger partial charge in [-0.25, -0.2) is 0 Å². The Labute approximate surface area is 157 Å². The first-order valence-electron chi connectivity index (χ1n) is 8.82. The first-order valence-corrected chi connectivity index (χ1v) is 8.82. The van der Waals surface area contributed by atoms with Gasteiger partial charge in [0.05, 0.1) is 25.9 Å². The number of aliphatic carboxylic acids is 1. The molecule has 152 valence electrons. The molecule has 0 radical (unpaired) electrons. The minimum Gasteiger partial charge on any atom is -0.490 e. The molecule has 1 N–H and O–H groups in total. The van der Waals surface area contributed by atoms with Crippen molar-refractivity contribution in [2.75, 3.05) is 46.4 Å². The summed E-state index contributed by atoms with van der Waals surface area (Å²) in [4.78, 5) is 14.5. The summed E-state index contributed by atoms with van der Waals surface area (Å²) in [5.74, 6) is -0.548. The van der Waals surface area contributed by atoms with Crippen LogP contribution in [0.2, 0.25) is 0 Å². The number of nitrogens with zero attached hydrogens (tertiary/aromatic N) is 2. The summed E-state index contributed by atoms with van der Waals surface area (Å²) in [5.41, 5.74) is 0.612. The summed E-state index contributed by atoms with van der Waals surface area (Å²) in [7, 11) is 1.72. The lowest BCUT2D eigenvalue weighted by Crippen LogP contribution is -2.47. The Balaban J connectivity index is 2.04. The van der Waals surface area contributed by atoms with Crippen LogP contribution in [0.4, 0.5) is 8.78 Å². The molecule has 1 heterocycles. The van der Waals surface area contributed by atoms with E-state index in [1.807, 2.05) is 0 Å².